The molecule has 2 rings (SSSR count). The number of hydrogen-bond acceptors (Lipinski definition) is 0. The van der Waals surface area contributed by atoms with E-state index in [1.54, 1.807) is 5.57 Å². The average Bonchev–Trinajstić information content (AvgIpc) is 2.43. The monoisotopic (exact) mass is 392 g/mol. The third kappa shape index (κ3) is 5.09. The van der Waals surface area contributed by atoms with Gasteiger partial charge >= 0.3 is 132 Å². The summed E-state index contributed by atoms with van der Waals surface area (Å²) in [6.45, 7) is 4.73. The van der Waals surface area contributed by atoms with Gasteiger partial charge in [-0.1, -0.05) is 0 Å². The molecule has 2 aliphatic rings. The van der Waals surface area contributed by atoms with Crippen molar-refractivity contribution in [2.24, 2.45) is 0 Å². The molecule has 108 valence electrons. The molecule has 0 N–H and O–H groups in total. The molecular formula is C17H28Se2. The van der Waals surface area contributed by atoms with Gasteiger partial charge in [-0.2, -0.15) is 0 Å². The van der Waals surface area contributed by atoms with Gasteiger partial charge in [0.2, 0.25) is 0 Å². The fraction of sp³-hybridized carbons (Fsp3) is 0.765. The molecule has 0 heterocycles. The Balaban J connectivity index is 2.00. The van der Waals surface area contributed by atoms with Crippen LogP contribution in [-0.2, 0) is 0 Å². The van der Waals surface area contributed by atoms with Crippen molar-refractivity contribution in [3.63, 3.8) is 0 Å². The summed E-state index contributed by atoms with van der Waals surface area (Å²) in [5.41, 5.74) is 1.75. The molecule has 0 atom stereocenters. The maximum absolute atomic E-state index is 2.40. The van der Waals surface area contributed by atoms with Gasteiger partial charge in [-0.3, -0.25) is 0 Å². The van der Waals surface area contributed by atoms with E-state index in [-0.39, 0.29) is 0 Å². The second-order valence-electron chi connectivity index (χ2n) is 5.77. The molecule has 19 heavy (non-hydrogen) atoms. The van der Waals surface area contributed by atoms with Gasteiger partial charge in [0.1, 0.15) is 0 Å². The van der Waals surface area contributed by atoms with Crippen LogP contribution in [0.15, 0.2) is 19.0 Å². The Bertz CT molecular complexity index is 352. The first-order chi connectivity index (χ1) is 9.31. The Morgan fingerprint density at radius 2 is 1.47 bits per heavy atom. The molecule has 0 aromatic rings. The van der Waals surface area contributed by atoms with Gasteiger partial charge in [0.25, 0.3) is 0 Å². The van der Waals surface area contributed by atoms with Crippen LogP contribution < -0.4 is 0 Å². The third-order valence-corrected chi connectivity index (χ3v) is 10.6. The topological polar surface area (TPSA) is 0 Å². The minimum absolute atomic E-state index is 0.730. The van der Waals surface area contributed by atoms with Crippen LogP contribution in [0.2, 0.25) is 5.32 Å². The third-order valence-electron chi connectivity index (χ3n) is 4.07. The Labute approximate surface area is 132 Å². The van der Waals surface area contributed by atoms with Gasteiger partial charge in [0, 0.05) is 0 Å². The molecule has 0 unspecified atom stereocenters. The van der Waals surface area contributed by atoms with E-state index in [0.717, 1.165) is 29.9 Å². The second-order valence-corrected chi connectivity index (χ2v) is 10.8. The summed E-state index contributed by atoms with van der Waals surface area (Å²) >= 11 is 1.56. The fourth-order valence-electron chi connectivity index (χ4n) is 2.77. The SMILES string of the molecule is CCCC[Se]C1=C([Se]C2=C(C)CCCC2)CCCC1. The number of rotatable bonds is 6. The average molecular weight is 390 g/mol. The van der Waals surface area contributed by atoms with E-state index >= 15 is 0 Å². The van der Waals surface area contributed by atoms with Crippen molar-refractivity contribution in [1.82, 2.24) is 0 Å². The van der Waals surface area contributed by atoms with Crippen LogP contribution >= 0.6 is 0 Å². The number of hydrogen-bond donors (Lipinski definition) is 0. The molecule has 0 nitrogen and oxygen atoms in total. The first kappa shape index (κ1) is 15.9. The fourth-order valence-corrected chi connectivity index (χ4v) is 9.14. The van der Waals surface area contributed by atoms with Crippen LogP contribution in [0.1, 0.15) is 78.1 Å². The Kier molecular flexibility index (Phi) is 7.30. The van der Waals surface area contributed by atoms with E-state index in [0.29, 0.717) is 0 Å². The van der Waals surface area contributed by atoms with Crippen LogP contribution in [0.5, 0.6) is 0 Å². The summed E-state index contributed by atoms with van der Waals surface area (Å²) in [6, 6.07) is 0. The summed E-state index contributed by atoms with van der Waals surface area (Å²) in [7, 11) is 0. The van der Waals surface area contributed by atoms with Crippen LogP contribution in [0, 0.1) is 0 Å². The summed E-state index contributed by atoms with van der Waals surface area (Å²) in [6.07, 6.45) is 14.4. The van der Waals surface area contributed by atoms with Crippen molar-refractivity contribution >= 4 is 29.9 Å². The molecule has 2 heteroatoms. The number of allylic oxidation sites excluding steroid dienone is 4. The molecule has 0 saturated carbocycles. The van der Waals surface area contributed by atoms with Crippen molar-refractivity contribution in [3.05, 3.63) is 19.0 Å². The first-order valence-corrected chi connectivity index (χ1v) is 11.8. The predicted molar refractivity (Wildman–Crippen MR) is 87.9 cm³/mol. The summed E-state index contributed by atoms with van der Waals surface area (Å²) in [5, 5.41) is 1.50. The Morgan fingerprint density at radius 1 is 0.842 bits per heavy atom. The molecular weight excluding hydrogens is 362 g/mol. The molecule has 0 radical (unpaired) electrons. The zero-order chi connectivity index (χ0) is 13.5. The van der Waals surface area contributed by atoms with Crippen molar-refractivity contribution in [1.29, 1.82) is 0 Å². The molecule has 0 aromatic heterocycles. The molecule has 0 spiro atoms. The van der Waals surface area contributed by atoms with E-state index in [1.807, 2.05) is 13.4 Å². The first-order valence-electron chi connectivity index (χ1n) is 8.02. The van der Waals surface area contributed by atoms with Crippen LogP contribution in [0.4, 0.5) is 0 Å². The van der Waals surface area contributed by atoms with Gasteiger partial charge in [0.05, 0.1) is 0 Å². The molecule has 2 aliphatic carbocycles. The zero-order valence-electron chi connectivity index (χ0n) is 12.6. The van der Waals surface area contributed by atoms with Crippen molar-refractivity contribution in [2.45, 2.75) is 83.4 Å². The molecule has 0 aliphatic heterocycles. The summed E-state index contributed by atoms with van der Waals surface area (Å²) < 4.78 is 5.75. The molecule has 0 aromatic carbocycles. The molecule has 0 bridgehead atoms. The summed E-state index contributed by atoms with van der Waals surface area (Å²) in [5.74, 6) is 0. The quantitative estimate of drug-likeness (QED) is 0.430. The van der Waals surface area contributed by atoms with E-state index in [4.69, 9.17) is 0 Å². The molecule has 0 amide bonds. The number of unbranched alkanes of at least 4 members (excludes halogenated alkanes) is 1. The van der Waals surface area contributed by atoms with E-state index in [2.05, 4.69) is 13.8 Å². The maximum atomic E-state index is 2.40. The Hall–Kier alpha value is 0.519. The van der Waals surface area contributed by atoms with Crippen molar-refractivity contribution in [2.75, 3.05) is 0 Å². The van der Waals surface area contributed by atoms with Crippen LogP contribution in [-0.4, -0.2) is 29.9 Å². The second kappa shape index (κ2) is 8.73. The normalized spacial score (nSPS) is 21.2. The van der Waals surface area contributed by atoms with Gasteiger partial charge in [0.15, 0.2) is 0 Å². The summed E-state index contributed by atoms with van der Waals surface area (Å²) in [4.78, 5) is 0. The van der Waals surface area contributed by atoms with E-state index < -0.39 is 0 Å². The standard InChI is InChI=1S/C17H28Se2/c1-3-4-13-18-16-11-7-8-12-17(16)19-15-10-6-5-9-14(15)2/h3-13H2,1-2H3. The van der Waals surface area contributed by atoms with Gasteiger partial charge in [-0.25, -0.2) is 0 Å². The van der Waals surface area contributed by atoms with Crippen molar-refractivity contribution < 1.29 is 0 Å². The van der Waals surface area contributed by atoms with Gasteiger partial charge < -0.3 is 0 Å². The van der Waals surface area contributed by atoms with Gasteiger partial charge in [-0.15, -0.1) is 0 Å². The van der Waals surface area contributed by atoms with Crippen LogP contribution in [0.3, 0.4) is 0 Å². The molecule has 0 saturated heterocycles. The van der Waals surface area contributed by atoms with E-state index in [9.17, 15) is 0 Å². The van der Waals surface area contributed by atoms with E-state index in [1.165, 1.54) is 69.5 Å². The predicted octanol–water partition coefficient (Wildman–Crippen LogP) is 5.25. The molecule has 0 fully saturated rings. The van der Waals surface area contributed by atoms with Crippen LogP contribution in [0.25, 0.3) is 0 Å². The minimum atomic E-state index is 0.730. The zero-order valence-corrected chi connectivity index (χ0v) is 16.0. The Morgan fingerprint density at radius 3 is 2.16 bits per heavy atom. The van der Waals surface area contributed by atoms with Crippen molar-refractivity contribution in [3.8, 4) is 0 Å². The van der Waals surface area contributed by atoms with Gasteiger partial charge in [-0.05, 0) is 0 Å².